The Morgan fingerprint density at radius 3 is 2.30 bits per heavy atom. The van der Waals surface area contributed by atoms with Gasteiger partial charge in [0.15, 0.2) is 0 Å². The van der Waals surface area contributed by atoms with Gasteiger partial charge >= 0.3 is 5.97 Å². The van der Waals surface area contributed by atoms with Crippen molar-refractivity contribution in [2.75, 3.05) is 24.7 Å². The van der Waals surface area contributed by atoms with Crippen LogP contribution in [0.3, 0.4) is 0 Å². The molecule has 0 heterocycles. The van der Waals surface area contributed by atoms with Crippen LogP contribution in [0, 0.1) is 5.82 Å². The summed E-state index contributed by atoms with van der Waals surface area (Å²) in [5, 5.41) is 5.21. The van der Waals surface area contributed by atoms with Crippen molar-refractivity contribution in [3.8, 4) is 0 Å². The summed E-state index contributed by atoms with van der Waals surface area (Å²) in [4.78, 5) is 35.5. The number of hydrogen-bond acceptors (Lipinski definition) is 5. The Morgan fingerprint density at radius 1 is 1.00 bits per heavy atom. The largest absolute Gasteiger partial charge is 0.468 e. The Hall–Kier alpha value is -2.87. The Morgan fingerprint density at radius 2 is 1.67 bits per heavy atom. The Kier molecular flexibility index (Phi) is 7.81. The van der Waals surface area contributed by atoms with Gasteiger partial charge < -0.3 is 15.4 Å². The van der Waals surface area contributed by atoms with E-state index in [1.807, 2.05) is 0 Å². The summed E-state index contributed by atoms with van der Waals surface area (Å²) in [6, 6.07) is 12.8. The zero-order valence-electron chi connectivity index (χ0n) is 14.7. The summed E-state index contributed by atoms with van der Waals surface area (Å²) in [6.07, 6.45) is 0.117. The lowest BCUT2D eigenvalue weighted by Crippen LogP contribution is -2.31. The second kappa shape index (κ2) is 10.3. The van der Waals surface area contributed by atoms with Crippen molar-refractivity contribution in [3.63, 3.8) is 0 Å². The van der Waals surface area contributed by atoms with E-state index in [-0.39, 0.29) is 36.4 Å². The number of carbonyl (C=O) groups excluding carboxylic acids is 3. The van der Waals surface area contributed by atoms with Gasteiger partial charge in [-0.1, -0.05) is 12.1 Å². The minimum absolute atomic E-state index is 0.117. The molecule has 27 heavy (non-hydrogen) atoms. The third kappa shape index (κ3) is 7.49. The molecule has 0 radical (unpaired) electrons. The molecule has 0 aromatic heterocycles. The molecule has 0 unspecified atom stereocenters. The van der Waals surface area contributed by atoms with E-state index < -0.39 is 5.97 Å². The van der Waals surface area contributed by atoms with Gasteiger partial charge in [0.05, 0.1) is 19.3 Å². The van der Waals surface area contributed by atoms with Gasteiger partial charge in [-0.25, -0.2) is 4.39 Å². The lowest BCUT2D eigenvalue weighted by atomic mass is 10.1. The lowest BCUT2D eigenvalue weighted by molar-refractivity contribution is -0.141. The van der Waals surface area contributed by atoms with Gasteiger partial charge in [-0.15, -0.1) is 11.8 Å². The van der Waals surface area contributed by atoms with Crippen LogP contribution < -0.4 is 10.6 Å². The number of nitrogens with one attached hydrogen (secondary N) is 2. The number of benzene rings is 2. The van der Waals surface area contributed by atoms with Crippen LogP contribution in [0.2, 0.25) is 0 Å². The molecular weight excluding hydrogens is 371 g/mol. The third-order valence-corrected chi connectivity index (χ3v) is 4.46. The van der Waals surface area contributed by atoms with Gasteiger partial charge in [0.25, 0.3) is 0 Å². The summed E-state index contributed by atoms with van der Waals surface area (Å²) in [5.74, 6) is -1.12. The molecule has 0 aliphatic rings. The van der Waals surface area contributed by atoms with Gasteiger partial charge in [0.1, 0.15) is 12.4 Å². The lowest BCUT2D eigenvalue weighted by Gasteiger charge is -2.07. The molecule has 0 aliphatic heterocycles. The number of hydrogen-bond donors (Lipinski definition) is 2. The molecule has 8 heteroatoms. The molecule has 2 rings (SSSR count). The van der Waals surface area contributed by atoms with Gasteiger partial charge in [0, 0.05) is 10.6 Å². The number of carbonyl (C=O) groups is 3. The number of esters is 1. The van der Waals surface area contributed by atoms with Crippen molar-refractivity contribution in [1.82, 2.24) is 5.32 Å². The van der Waals surface area contributed by atoms with Crippen molar-refractivity contribution in [3.05, 3.63) is 59.9 Å². The summed E-state index contributed by atoms with van der Waals surface area (Å²) >= 11 is 1.31. The van der Waals surface area contributed by atoms with Gasteiger partial charge in [0.2, 0.25) is 11.8 Å². The van der Waals surface area contributed by atoms with Crippen LogP contribution in [0.5, 0.6) is 0 Å². The van der Waals surface area contributed by atoms with Crippen LogP contribution in [-0.4, -0.2) is 37.2 Å². The average Bonchev–Trinajstić information content (AvgIpc) is 2.67. The average molecular weight is 390 g/mol. The van der Waals surface area contributed by atoms with E-state index in [2.05, 4.69) is 15.4 Å². The highest BCUT2D eigenvalue weighted by atomic mass is 32.2. The van der Waals surface area contributed by atoms with E-state index in [4.69, 9.17) is 0 Å². The molecule has 2 aromatic carbocycles. The summed E-state index contributed by atoms with van der Waals surface area (Å²) < 4.78 is 17.3. The first kappa shape index (κ1) is 20.4. The normalized spacial score (nSPS) is 10.1. The highest BCUT2D eigenvalue weighted by Gasteiger charge is 2.08. The fraction of sp³-hybridized carbons (Fsp3) is 0.211. The number of thioether (sulfide) groups is 1. The second-order valence-corrected chi connectivity index (χ2v) is 6.57. The molecule has 0 saturated heterocycles. The zero-order chi connectivity index (χ0) is 19.6. The molecule has 2 N–H and O–H groups in total. The van der Waals surface area contributed by atoms with Crippen LogP contribution in [0.15, 0.2) is 53.4 Å². The molecule has 6 nitrogen and oxygen atoms in total. The van der Waals surface area contributed by atoms with E-state index in [9.17, 15) is 18.8 Å². The van der Waals surface area contributed by atoms with E-state index >= 15 is 0 Å². The first-order valence-electron chi connectivity index (χ1n) is 8.07. The molecule has 2 aromatic rings. The number of halogens is 1. The molecular formula is C19H19FN2O4S. The van der Waals surface area contributed by atoms with Crippen molar-refractivity contribution < 1.29 is 23.5 Å². The Balaban J connectivity index is 1.77. The second-order valence-electron chi connectivity index (χ2n) is 5.52. The number of anilines is 1. The smallest absolute Gasteiger partial charge is 0.325 e. The van der Waals surface area contributed by atoms with Crippen LogP contribution in [0.1, 0.15) is 5.56 Å². The van der Waals surface area contributed by atoms with Crippen molar-refractivity contribution in [1.29, 1.82) is 0 Å². The molecule has 0 saturated carbocycles. The third-order valence-electron chi connectivity index (χ3n) is 3.44. The van der Waals surface area contributed by atoms with E-state index in [1.165, 1.54) is 31.0 Å². The van der Waals surface area contributed by atoms with Gasteiger partial charge in [-0.2, -0.15) is 0 Å². The van der Waals surface area contributed by atoms with Crippen LogP contribution in [0.4, 0.5) is 10.1 Å². The van der Waals surface area contributed by atoms with Crippen molar-refractivity contribution in [2.45, 2.75) is 11.3 Å². The standard InChI is InChI=1S/C19H19FN2O4S/c1-26-19(25)11-21-17(23)10-13-2-6-15(7-3-13)22-18(24)12-27-16-8-4-14(20)5-9-16/h2-9H,10-12H2,1H3,(H,21,23)(H,22,24). The predicted molar refractivity (Wildman–Crippen MR) is 101 cm³/mol. The molecule has 0 spiro atoms. The van der Waals surface area contributed by atoms with E-state index in [0.29, 0.717) is 5.69 Å². The Bertz CT molecular complexity index is 794. The quantitative estimate of drug-likeness (QED) is 0.534. The molecule has 0 fully saturated rings. The molecule has 142 valence electrons. The minimum atomic E-state index is -0.514. The maximum atomic E-state index is 12.8. The molecule has 2 amide bonds. The Labute approximate surface area is 160 Å². The predicted octanol–water partition coefficient (Wildman–Crippen LogP) is 2.39. The number of ether oxygens (including phenoxy) is 1. The van der Waals surface area contributed by atoms with E-state index in [1.54, 1.807) is 36.4 Å². The fourth-order valence-corrected chi connectivity index (χ4v) is 2.77. The fourth-order valence-electron chi connectivity index (χ4n) is 2.07. The summed E-state index contributed by atoms with van der Waals surface area (Å²) in [7, 11) is 1.25. The number of rotatable bonds is 8. The number of amides is 2. The van der Waals surface area contributed by atoms with Crippen molar-refractivity contribution >= 4 is 35.2 Å². The summed E-state index contributed by atoms with van der Waals surface area (Å²) in [5.41, 5.74) is 1.36. The van der Waals surface area contributed by atoms with Crippen LogP contribution in [-0.2, 0) is 25.5 Å². The maximum absolute atomic E-state index is 12.8. The molecule has 0 atom stereocenters. The SMILES string of the molecule is COC(=O)CNC(=O)Cc1ccc(NC(=O)CSc2ccc(F)cc2)cc1. The molecule has 0 aliphatic carbocycles. The number of methoxy groups -OCH3 is 1. The van der Waals surface area contributed by atoms with E-state index in [0.717, 1.165) is 10.5 Å². The zero-order valence-corrected chi connectivity index (χ0v) is 15.5. The topological polar surface area (TPSA) is 84.5 Å². The highest BCUT2D eigenvalue weighted by Crippen LogP contribution is 2.18. The summed E-state index contributed by atoms with van der Waals surface area (Å²) in [6.45, 7) is -0.171. The van der Waals surface area contributed by atoms with Crippen LogP contribution in [0.25, 0.3) is 0 Å². The first-order valence-corrected chi connectivity index (χ1v) is 9.05. The van der Waals surface area contributed by atoms with Crippen LogP contribution >= 0.6 is 11.8 Å². The van der Waals surface area contributed by atoms with Gasteiger partial charge in [-0.3, -0.25) is 14.4 Å². The van der Waals surface area contributed by atoms with Gasteiger partial charge in [-0.05, 0) is 42.0 Å². The molecule has 0 bridgehead atoms. The van der Waals surface area contributed by atoms with Crippen molar-refractivity contribution in [2.24, 2.45) is 0 Å². The highest BCUT2D eigenvalue weighted by molar-refractivity contribution is 8.00. The monoisotopic (exact) mass is 390 g/mol. The minimum Gasteiger partial charge on any atom is -0.468 e. The first-order chi connectivity index (χ1) is 13.0. The maximum Gasteiger partial charge on any atom is 0.325 e.